The number of rotatable bonds is 3. The molecule has 0 bridgehead atoms. The van der Waals surface area contributed by atoms with E-state index in [9.17, 15) is 4.79 Å². The molecule has 0 radical (unpaired) electrons. The van der Waals surface area contributed by atoms with Gasteiger partial charge < -0.3 is 17.7 Å². The molecular weight excluding hydrogens is 331 g/mol. The number of hydrogen-bond acceptors (Lipinski definition) is 1. The second-order valence-corrected chi connectivity index (χ2v) is 5.58. The molecule has 1 aromatic carbocycles. The monoisotopic (exact) mass is 344 g/mol. The first kappa shape index (κ1) is 17.8. The lowest BCUT2D eigenvalue weighted by Crippen LogP contribution is -3.00. The maximum absolute atomic E-state index is 12.0. The Kier molecular flexibility index (Phi) is 6.46. The van der Waals surface area contributed by atoms with Crippen molar-refractivity contribution in [3.8, 4) is 0 Å². The summed E-state index contributed by atoms with van der Waals surface area (Å²) in [7, 11) is 0. The van der Waals surface area contributed by atoms with Crippen molar-refractivity contribution in [2.45, 2.75) is 20.4 Å². The summed E-state index contributed by atoms with van der Waals surface area (Å²) in [5.41, 5.74) is 2.74. The van der Waals surface area contributed by atoms with Crippen LogP contribution in [-0.4, -0.2) is 5.91 Å². The molecule has 1 amide bonds. The predicted molar refractivity (Wildman–Crippen MR) is 81.2 cm³/mol. The standard InChI is InChI=1S/C15H14Cl2N2O.ClH/c1-10-5-11(2)8-19(7-10)9-15(20)18-14-6-12(16)3-4-13(14)17;/h3-8H,9H2,1-2H3;1H. The van der Waals surface area contributed by atoms with Gasteiger partial charge >= 0.3 is 0 Å². The van der Waals surface area contributed by atoms with Crippen LogP contribution in [0.3, 0.4) is 0 Å². The first-order valence-electron chi connectivity index (χ1n) is 6.16. The first-order chi connectivity index (χ1) is 9.44. The van der Waals surface area contributed by atoms with E-state index in [1.54, 1.807) is 18.2 Å². The number of amides is 1. The number of hydrogen-bond donors (Lipinski definition) is 1. The second kappa shape index (κ2) is 7.64. The highest BCUT2D eigenvalue weighted by Gasteiger charge is 2.12. The lowest BCUT2D eigenvalue weighted by molar-refractivity contribution is -0.684. The number of anilines is 1. The third-order valence-corrected chi connectivity index (χ3v) is 3.29. The van der Waals surface area contributed by atoms with Crippen LogP contribution in [0.1, 0.15) is 11.1 Å². The van der Waals surface area contributed by atoms with Crippen LogP contribution in [0.25, 0.3) is 0 Å². The van der Waals surface area contributed by atoms with E-state index in [0.29, 0.717) is 15.7 Å². The molecular formula is C15H15Cl3N2O. The van der Waals surface area contributed by atoms with Crippen LogP contribution in [0.4, 0.5) is 5.69 Å². The van der Waals surface area contributed by atoms with Gasteiger partial charge in [-0.1, -0.05) is 23.2 Å². The van der Waals surface area contributed by atoms with Crippen LogP contribution in [0.5, 0.6) is 0 Å². The molecule has 0 fully saturated rings. The summed E-state index contributed by atoms with van der Waals surface area (Å²) in [5.74, 6) is -0.149. The Hall–Kier alpha value is -1.29. The average molecular weight is 346 g/mol. The smallest absolute Gasteiger partial charge is 0.290 e. The highest BCUT2D eigenvalue weighted by molar-refractivity contribution is 6.35. The quantitative estimate of drug-likeness (QED) is 0.809. The Morgan fingerprint density at radius 1 is 1.14 bits per heavy atom. The number of benzene rings is 1. The molecule has 0 aliphatic rings. The molecule has 3 nitrogen and oxygen atoms in total. The second-order valence-electron chi connectivity index (χ2n) is 4.74. The van der Waals surface area contributed by atoms with Gasteiger partial charge in [0.1, 0.15) is 0 Å². The minimum Gasteiger partial charge on any atom is -1.00 e. The van der Waals surface area contributed by atoms with Crippen LogP contribution in [-0.2, 0) is 11.3 Å². The minimum absolute atomic E-state index is 0. The summed E-state index contributed by atoms with van der Waals surface area (Å²) in [6, 6.07) is 7.03. The van der Waals surface area contributed by atoms with Crippen molar-refractivity contribution in [2.75, 3.05) is 5.32 Å². The van der Waals surface area contributed by atoms with Crippen LogP contribution >= 0.6 is 23.2 Å². The van der Waals surface area contributed by atoms with Gasteiger partial charge in [0.05, 0.1) is 10.7 Å². The molecule has 2 aromatic rings. The predicted octanol–water partition coefficient (Wildman–Crippen LogP) is 0.540. The Morgan fingerprint density at radius 3 is 2.38 bits per heavy atom. The third-order valence-electron chi connectivity index (χ3n) is 2.72. The van der Waals surface area contributed by atoms with Gasteiger partial charge in [-0.3, -0.25) is 4.79 Å². The maximum Gasteiger partial charge on any atom is 0.290 e. The van der Waals surface area contributed by atoms with Crippen LogP contribution < -0.4 is 22.3 Å². The van der Waals surface area contributed by atoms with Crippen LogP contribution in [0.2, 0.25) is 10.0 Å². The van der Waals surface area contributed by atoms with Crippen molar-refractivity contribution < 1.29 is 21.8 Å². The van der Waals surface area contributed by atoms with E-state index in [1.807, 2.05) is 30.8 Å². The highest BCUT2D eigenvalue weighted by Crippen LogP contribution is 2.25. The van der Waals surface area contributed by atoms with Crippen molar-refractivity contribution >= 4 is 34.8 Å². The molecule has 2 rings (SSSR count). The van der Waals surface area contributed by atoms with Gasteiger partial charge in [0, 0.05) is 16.1 Å². The zero-order valence-corrected chi connectivity index (χ0v) is 13.9. The summed E-state index contributed by atoms with van der Waals surface area (Å²) < 4.78 is 1.85. The van der Waals surface area contributed by atoms with Gasteiger partial charge in [0.2, 0.25) is 6.54 Å². The molecule has 0 saturated carbocycles. The summed E-state index contributed by atoms with van der Waals surface area (Å²) in [6.07, 6.45) is 3.85. The van der Waals surface area contributed by atoms with Crippen LogP contribution in [0, 0.1) is 13.8 Å². The van der Waals surface area contributed by atoms with Crippen LogP contribution in [0.15, 0.2) is 36.7 Å². The van der Waals surface area contributed by atoms with E-state index in [4.69, 9.17) is 23.2 Å². The molecule has 1 N–H and O–H groups in total. The first-order valence-corrected chi connectivity index (χ1v) is 6.92. The van der Waals surface area contributed by atoms with Crippen molar-refractivity contribution in [1.29, 1.82) is 0 Å². The molecule has 0 spiro atoms. The Balaban J connectivity index is 0.00000220. The van der Waals surface area contributed by atoms with Gasteiger partial charge in [0.25, 0.3) is 5.91 Å². The van der Waals surface area contributed by atoms with E-state index >= 15 is 0 Å². The van der Waals surface area contributed by atoms with Gasteiger partial charge in [-0.15, -0.1) is 0 Å². The van der Waals surface area contributed by atoms with Crippen molar-refractivity contribution in [1.82, 2.24) is 0 Å². The molecule has 0 saturated heterocycles. The van der Waals surface area contributed by atoms with Crippen molar-refractivity contribution in [2.24, 2.45) is 0 Å². The molecule has 6 heteroatoms. The average Bonchev–Trinajstić information content (AvgIpc) is 2.32. The van der Waals surface area contributed by atoms with Gasteiger partial charge in [-0.25, -0.2) is 0 Å². The molecule has 1 heterocycles. The largest absolute Gasteiger partial charge is 1.00 e. The Morgan fingerprint density at radius 2 is 1.76 bits per heavy atom. The summed E-state index contributed by atoms with van der Waals surface area (Å²) in [5, 5.41) is 3.76. The molecule has 21 heavy (non-hydrogen) atoms. The number of aryl methyl sites for hydroxylation is 2. The summed E-state index contributed by atoms with van der Waals surface area (Å²) >= 11 is 11.9. The minimum atomic E-state index is -0.149. The third kappa shape index (κ3) is 5.20. The number of nitrogens with zero attached hydrogens (tertiary/aromatic N) is 1. The topological polar surface area (TPSA) is 33.0 Å². The molecule has 0 unspecified atom stereocenters. The highest BCUT2D eigenvalue weighted by atomic mass is 35.5. The summed E-state index contributed by atoms with van der Waals surface area (Å²) in [4.78, 5) is 12.0. The van der Waals surface area contributed by atoms with Gasteiger partial charge in [-0.2, -0.15) is 4.57 Å². The van der Waals surface area contributed by atoms with E-state index in [0.717, 1.165) is 11.1 Å². The van der Waals surface area contributed by atoms with E-state index in [-0.39, 0.29) is 24.9 Å². The fourth-order valence-corrected chi connectivity index (χ4v) is 2.37. The number of carbonyl (C=O) groups is 1. The Bertz CT molecular complexity index is 639. The zero-order valence-electron chi connectivity index (χ0n) is 11.7. The van der Waals surface area contributed by atoms with E-state index in [1.165, 1.54) is 0 Å². The Labute approximate surface area is 140 Å². The number of halogens is 3. The zero-order chi connectivity index (χ0) is 14.7. The molecule has 112 valence electrons. The van der Waals surface area contributed by atoms with Gasteiger partial charge in [-0.05, 0) is 38.1 Å². The molecule has 0 aliphatic carbocycles. The number of aromatic nitrogens is 1. The number of pyridine rings is 1. The molecule has 1 aromatic heterocycles. The van der Waals surface area contributed by atoms with E-state index < -0.39 is 0 Å². The van der Waals surface area contributed by atoms with Gasteiger partial charge in [0.15, 0.2) is 12.4 Å². The van der Waals surface area contributed by atoms with Crippen molar-refractivity contribution in [3.63, 3.8) is 0 Å². The molecule has 0 aliphatic heterocycles. The number of carbonyl (C=O) groups excluding carboxylic acids is 1. The maximum atomic E-state index is 12.0. The van der Waals surface area contributed by atoms with Crippen molar-refractivity contribution in [3.05, 3.63) is 57.8 Å². The lowest BCUT2D eigenvalue weighted by atomic mass is 10.2. The molecule has 0 atom stereocenters. The SMILES string of the molecule is Cc1cc(C)c[n+](CC(=O)Nc2cc(Cl)ccc2Cl)c1.[Cl-]. The normalized spacial score (nSPS) is 9.90. The summed E-state index contributed by atoms with van der Waals surface area (Å²) in [6.45, 7) is 4.22. The number of nitrogens with one attached hydrogen (secondary N) is 1. The lowest BCUT2D eigenvalue weighted by Gasteiger charge is -2.06. The fourth-order valence-electron chi connectivity index (χ4n) is 2.03. The fraction of sp³-hybridized carbons (Fsp3) is 0.200. The van der Waals surface area contributed by atoms with E-state index in [2.05, 4.69) is 11.4 Å².